The van der Waals surface area contributed by atoms with Crippen LogP contribution in [0.4, 0.5) is 0 Å². The van der Waals surface area contributed by atoms with Crippen LogP contribution in [-0.4, -0.2) is 20.4 Å². The van der Waals surface area contributed by atoms with Gasteiger partial charge in [-0.05, 0) is 46.3 Å². The molecule has 5 nitrogen and oxygen atoms in total. The minimum atomic E-state index is 0. The molecule has 0 aliphatic heterocycles. The summed E-state index contributed by atoms with van der Waals surface area (Å²) in [5, 5.41) is 14.6. The Kier molecular flexibility index (Phi) is 6.77. The number of nitrogens with one attached hydrogen (secondary N) is 1. The number of halogens is 1. The average molecular weight is 402 g/mol. The van der Waals surface area contributed by atoms with E-state index in [1.54, 1.807) is 22.3 Å². The Hall–Kier alpha value is -2.38. The molecule has 0 atom stereocenters. The van der Waals surface area contributed by atoms with Gasteiger partial charge in [-0.3, -0.25) is 4.98 Å². The molecule has 0 spiro atoms. The fraction of sp³-hybridized carbons (Fsp3) is 0.0588. The predicted molar refractivity (Wildman–Crippen MR) is 90.2 cm³/mol. The zero-order valence-corrected chi connectivity index (χ0v) is 15.4. The zero-order valence-electron chi connectivity index (χ0n) is 13.0. The minimum Gasteiger partial charge on any atom is -1.00 e. The highest BCUT2D eigenvalue weighted by Crippen LogP contribution is 2.11. The van der Waals surface area contributed by atoms with E-state index < -0.39 is 0 Å². The molecular weight excluding hydrogens is 386 g/mol. The summed E-state index contributed by atoms with van der Waals surface area (Å²) in [6.45, 7) is 1.99. The molecule has 24 heavy (non-hydrogen) atoms. The predicted octanol–water partition coefficient (Wildman–Crippen LogP) is 0.204. The highest BCUT2D eigenvalue weighted by Gasteiger charge is 2.14. The third-order valence-corrected chi connectivity index (χ3v) is 3.74. The second-order valence-corrected chi connectivity index (χ2v) is 5.80. The Morgan fingerprint density at radius 2 is 1.62 bits per heavy atom. The van der Waals surface area contributed by atoms with Gasteiger partial charge < -0.3 is 17.0 Å². The first-order chi connectivity index (χ1) is 11.3. The third kappa shape index (κ3) is 4.81. The van der Waals surface area contributed by atoms with Crippen molar-refractivity contribution in [2.45, 2.75) is 6.92 Å². The molecule has 0 radical (unpaired) electrons. The topological polar surface area (TPSA) is 58.3 Å². The van der Waals surface area contributed by atoms with Crippen LogP contribution in [0, 0.1) is 6.92 Å². The van der Waals surface area contributed by atoms with Crippen LogP contribution in [0.3, 0.4) is 0 Å². The van der Waals surface area contributed by atoms with Crippen LogP contribution in [0.25, 0.3) is 17.1 Å². The number of para-hydroxylation sites is 1. The number of nitrogens with zero attached hydrogens (tertiary/aromatic N) is 4. The van der Waals surface area contributed by atoms with Crippen molar-refractivity contribution in [3.63, 3.8) is 0 Å². The number of tetrazole rings is 1. The van der Waals surface area contributed by atoms with Gasteiger partial charge in [0.2, 0.25) is 0 Å². The number of thiazole rings is 1. The van der Waals surface area contributed by atoms with Gasteiger partial charge >= 0.3 is 5.82 Å². The third-order valence-electron chi connectivity index (χ3n) is 3.03. The summed E-state index contributed by atoms with van der Waals surface area (Å²) >= 11 is 1.67. The molecular formula is C17H16BrN5S. The van der Waals surface area contributed by atoms with Crippen LogP contribution in [0.5, 0.6) is 0 Å². The fourth-order valence-corrected chi connectivity index (χ4v) is 2.36. The molecule has 0 saturated carbocycles. The van der Waals surface area contributed by atoms with E-state index >= 15 is 0 Å². The number of hydrogen-bond acceptors (Lipinski definition) is 4. The largest absolute Gasteiger partial charge is 1.00 e. The lowest BCUT2D eigenvalue weighted by Gasteiger charge is -1.89. The molecule has 0 amide bonds. The van der Waals surface area contributed by atoms with E-state index in [-0.39, 0.29) is 17.0 Å². The van der Waals surface area contributed by atoms with E-state index in [0.717, 1.165) is 16.3 Å². The SMILES string of the molecule is Cc1nccs1.[Br-].c1ccc(-c2n[nH][n+](-c3ccccc3)n2)cc1. The Balaban J connectivity index is 0.000000254. The maximum Gasteiger partial charge on any atom is 0.339 e. The molecule has 4 aromatic rings. The Morgan fingerprint density at radius 3 is 2.17 bits per heavy atom. The van der Waals surface area contributed by atoms with E-state index in [1.807, 2.05) is 73.0 Å². The van der Waals surface area contributed by atoms with Gasteiger partial charge in [-0.1, -0.05) is 36.4 Å². The van der Waals surface area contributed by atoms with Gasteiger partial charge in [0, 0.05) is 11.6 Å². The van der Waals surface area contributed by atoms with E-state index in [9.17, 15) is 0 Å². The maximum atomic E-state index is 4.40. The summed E-state index contributed by atoms with van der Waals surface area (Å²) < 4.78 is 0. The molecule has 2 heterocycles. The van der Waals surface area contributed by atoms with Gasteiger partial charge in [-0.15, -0.1) is 11.3 Å². The van der Waals surface area contributed by atoms with Gasteiger partial charge in [-0.25, -0.2) is 0 Å². The first-order valence-corrected chi connectivity index (χ1v) is 8.02. The molecule has 4 rings (SSSR count). The van der Waals surface area contributed by atoms with Crippen LogP contribution in [0.2, 0.25) is 0 Å². The summed E-state index contributed by atoms with van der Waals surface area (Å²) in [6.07, 6.45) is 1.81. The quantitative estimate of drug-likeness (QED) is 0.488. The molecule has 2 aromatic heterocycles. The number of aromatic amines is 1. The second-order valence-electron chi connectivity index (χ2n) is 4.70. The van der Waals surface area contributed by atoms with Crippen LogP contribution in [0.15, 0.2) is 72.2 Å². The average Bonchev–Trinajstić information content (AvgIpc) is 3.29. The summed E-state index contributed by atoms with van der Waals surface area (Å²) in [7, 11) is 0. The summed E-state index contributed by atoms with van der Waals surface area (Å²) in [5.41, 5.74) is 1.96. The number of aryl methyl sites for hydroxylation is 1. The first-order valence-electron chi connectivity index (χ1n) is 7.14. The van der Waals surface area contributed by atoms with E-state index in [4.69, 9.17) is 0 Å². The Labute approximate surface area is 154 Å². The molecule has 122 valence electrons. The van der Waals surface area contributed by atoms with Crippen molar-refractivity contribution >= 4 is 11.3 Å². The molecule has 0 bridgehead atoms. The standard InChI is InChI=1S/C13H10N4.C4H5NS.BrH/c1-3-7-11(8-4-1)13-14-16-17(15-13)12-9-5-2-6-10-12;1-4-5-2-3-6-4;/h1-10H;2-3H,1H3;1H. The van der Waals surface area contributed by atoms with Crippen molar-refractivity contribution in [3.05, 3.63) is 77.2 Å². The summed E-state index contributed by atoms with van der Waals surface area (Å²) in [6, 6.07) is 19.7. The molecule has 0 unspecified atom stereocenters. The Bertz CT molecular complexity index is 778. The number of H-pyrrole nitrogens is 1. The van der Waals surface area contributed by atoms with E-state index in [0.29, 0.717) is 5.82 Å². The van der Waals surface area contributed by atoms with Crippen LogP contribution >= 0.6 is 11.3 Å². The van der Waals surface area contributed by atoms with Crippen molar-refractivity contribution in [3.8, 4) is 17.1 Å². The maximum absolute atomic E-state index is 4.40. The van der Waals surface area contributed by atoms with Gasteiger partial charge in [0.25, 0.3) is 0 Å². The molecule has 7 heteroatoms. The van der Waals surface area contributed by atoms with Gasteiger partial charge in [0.05, 0.1) is 15.7 Å². The lowest BCUT2D eigenvalue weighted by atomic mass is 10.2. The van der Waals surface area contributed by atoms with Crippen molar-refractivity contribution in [1.29, 1.82) is 0 Å². The molecule has 0 aliphatic rings. The first kappa shape index (κ1) is 18.0. The van der Waals surface area contributed by atoms with Crippen molar-refractivity contribution in [1.82, 2.24) is 20.4 Å². The Morgan fingerprint density at radius 1 is 0.958 bits per heavy atom. The molecule has 0 aliphatic carbocycles. The zero-order chi connectivity index (χ0) is 15.9. The van der Waals surface area contributed by atoms with Crippen LogP contribution in [-0.2, 0) is 0 Å². The number of aromatic nitrogens is 5. The summed E-state index contributed by atoms with van der Waals surface area (Å²) in [4.78, 5) is 5.59. The normalized spacial score (nSPS) is 9.54. The van der Waals surface area contributed by atoms with Crippen LogP contribution < -0.4 is 21.8 Å². The smallest absolute Gasteiger partial charge is 0.339 e. The van der Waals surface area contributed by atoms with E-state index in [2.05, 4.69) is 20.4 Å². The number of rotatable bonds is 2. The number of hydrogen-bond donors (Lipinski definition) is 1. The molecule has 1 N–H and O–H groups in total. The molecule has 2 aromatic carbocycles. The fourth-order valence-electron chi connectivity index (χ4n) is 1.92. The lowest BCUT2D eigenvalue weighted by molar-refractivity contribution is -0.716. The van der Waals surface area contributed by atoms with Gasteiger partial charge in [-0.2, -0.15) is 0 Å². The monoisotopic (exact) mass is 401 g/mol. The second kappa shape index (κ2) is 9.05. The molecule has 0 saturated heterocycles. The van der Waals surface area contributed by atoms with E-state index in [1.165, 1.54) is 0 Å². The molecule has 0 fully saturated rings. The minimum absolute atomic E-state index is 0. The van der Waals surface area contributed by atoms with Crippen LogP contribution in [0.1, 0.15) is 5.01 Å². The van der Waals surface area contributed by atoms with Gasteiger partial charge in [0.15, 0.2) is 5.69 Å². The van der Waals surface area contributed by atoms with Crippen molar-refractivity contribution < 1.29 is 21.8 Å². The highest BCUT2D eigenvalue weighted by molar-refractivity contribution is 7.09. The van der Waals surface area contributed by atoms with Crippen molar-refractivity contribution in [2.24, 2.45) is 0 Å². The lowest BCUT2D eigenvalue weighted by Crippen LogP contribution is -3.00. The van der Waals surface area contributed by atoms with Crippen molar-refractivity contribution in [2.75, 3.05) is 0 Å². The number of benzene rings is 2. The van der Waals surface area contributed by atoms with Gasteiger partial charge in [0.1, 0.15) is 0 Å². The summed E-state index contributed by atoms with van der Waals surface area (Å²) in [5.74, 6) is 0.689. The highest BCUT2D eigenvalue weighted by atomic mass is 79.9.